The number of carbonyl (C=O) groups excluding carboxylic acids is 1. The third-order valence-corrected chi connectivity index (χ3v) is 4.77. The van der Waals surface area contributed by atoms with Gasteiger partial charge in [-0.1, -0.05) is 32.0 Å². The molecule has 0 aliphatic heterocycles. The molecule has 32 heavy (non-hydrogen) atoms. The van der Waals surface area contributed by atoms with Crippen LogP contribution in [0.5, 0.6) is 11.5 Å². The van der Waals surface area contributed by atoms with Crippen molar-refractivity contribution in [3.63, 3.8) is 0 Å². The Kier molecular flexibility index (Phi) is 7.65. The van der Waals surface area contributed by atoms with Gasteiger partial charge in [0.1, 0.15) is 17.7 Å². The lowest BCUT2D eigenvalue weighted by Crippen LogP contribution is -2.29. The molecule has 0 radical (unpaired) electrons. The molecule has 0 aliphatic carbocycles. The van der Waals surface area contributed by atoms with E-state index in [9.17, 15) is 9.18 Å². The average molecular weight is 438 g/mol. The molecule has 1 unspecified atom stereocenters. The van der Waals surface area contributed by atoms with Crippen molar-refractivity contribution in [1.29, 1.82) is 0 Å². The van der Waals surface area contributed by atoms with Gasteiger partial charge in [0.15, 0.2) is 11.5 Å². The summed E-state index contributed by atoms with van der Waals surface area (Å²) in [5, 5.41) is 2.92. The molecule has 0 spiro atoms. The van der Waals surface area contributed by atoms with Crippen LogP contribution in [0.25, 0.3) is 6.08 Å². The molecule has 7 heteroatoms. The van der Waals surface area contributed by atoms with Crippen molar-refractivity contribution in [2.45, 2.75) is 19.9 Å². The lowest BCUT2D eigenvalue weighted by Gasteiger charge is -2.18. The van der Waals surface area contributed by atoms with E-state index in [-0.39, 0.29) is 11.7 Å². The van der Waals surface area contributed by atoms with Gasteiger partial charge in [-0.3, -0.25) is 4.79 Å². The molecule has 0 aliphatic rings. The first kappa shape index (κ1) is 23.1. The van der Waals surface area contributed by atoms with Crippen LogP contribution in [0.1, 0.15) is 36.8 Å². The van der Waals surface area contributed by atoms with Crippen LogP contribution in [0.3, 0.4) is 0 Å². The fourth-order valence-electron chi connectivity index (χ4n) is 3.16. The van der Waals surface area contributed by atoms with Gasteiger partial charge >= 0.3 is 0 Å². The molecule has 6 nitrogen and oxygen atoms in total. The van der Waals surface area contributed by atoms with E-state index < -0.39 is 6.04 Å². The first-order valence-corrected chi connectivity index (χ1v) is 10.4. The van der Waals surface area contributed by atoms with Crippen LogP contribution in [0.4, 0.5) is 4.39 Å². The Balaban J connectivity index is 1.77. The quantitative estimate of drug-likeness (QED) is 0.500. The Hall–Kier alpha value is -3.61. The van der Waals surface area contributed by atoms with E-state index in [2.05, 4.69) is 24.1 Å². The van der Waals surface area contributed by atoms with E-state index in [4.69, 9.17) is 9.47 Å². The highest BCUT2D eigenvalue weighted by Crippen LogP contribution is 2.29. The van der Waals surface area contributed by atoms with Crippen LogP contribution in [-0.2, 0) is 11.8 Å². The van der Waals surface area contributed by atoms with E-state index in [1.54, 1.807) is 42.3 Å². The number of aromatic nitrogens is 2. The summed E-state index contributed by atoms with van der Waals surface area (Å²) in [5.41, 5.74) is 1.39. The van der Waals surface area contributed by atoms with Gasteiger partial charge in [-0.2, -0.15) is 0 Å². The normalized spacial score (nSPS) is 12.2. The fourth-order valence-corrected chi connectivity index (χ4v) is 3.16. The van der Waals surface area contributed by atoms with Crippen molar-refractivity contribution in [3.05, 3.63) is 83.7 Å². The summed E-state index contributed by atoms with van der Waals surface area (Å²) in [6, 6.07) is 11.0. The molecule has 3 aromatic rings. The molecule has 2 aromatic carbocycles. The highest BCUT2D eigenvalue weighted by Gasteiger charge is 2.20. The number of amides is 1. The largest absolute Gasteiger partial charge is 0.493 e. The summed E-state index contributed by atoms with van der Waals surface area (Å²) in [6.07, 6.45) is 6.53. The third-order valence-electron chi connectivity index (χ3n) is 4.77. The minimum absolute atomic E-state index is 0.332. The fraction of sp³-hybridized carbons (Fsp3) is 0.280. The lowest BCUT2D eigenvalue weighted by atomic mass is 10.1. The molecule has 3 rings (SSSR count). The predicted octanol–water partition coefficient (Wildman–Crippen LogP) is 4.52. The molecule has 0 saturated heterocycles. The van der Waals surface area contributed by atoms with Crippen molar-refractivity contribution >= 4 is 12.0 Å². The van der Waals surface area contributed by atoms with Gasteiger partial charge in [-0.25, -0.2) is 9.37 Å². The number of nitrogens with zero attached hydrogens (tertiary/aromatic N) is 2. The third kappa shape index (κ3) is 5.97. The molecule has 168 valence electrons. The van der Waals surface area contributed by atoms with Gasteiger partial charge in [0.05, 0.1) is 13.7 Å². The SMILES string of the molecule is COc1cc(/C=C/C(=O)NC(c2cccc(F)c2)c2nccn2C)ccc1OCC(C)C. The smallest absolute Gasteiger partial charge is 0.244 e. The molecular weight excluding hydrogens is 409 g/mol. The van der Waals surface area contributed by atoms with E-state index in [0.29, 0.717) is 35.4 Å². The first-order chi connectivity index (χ1) is 15.4. The Labute approximate surface area is 187 Å². The standard InChI is InChI=1S/C25H28FN3O3/c1-17(2)16-32-21-10-8-18(14-22(21)31-4)9-11-23(30)28-24(25-27-12-13-29(25)3)19-6-5-7-20(26)15-19/h5-15,17,24H,16H2,1-4H3,(H,28,30)/b11-9+. The number of halogens is 1. The number of carbonyl (C=O) groups is 1. The van der Waals surface area contributed by atoms with Gasteiger partial charge < -0.3 is 19.4 Å². The summed E-state index contributed by atoms with van der Waals surface area (Å²) < 4.78 is 26.8. The van der Waals surface area contributed by atoms with Crippen molar-refractivity contribution < 1.29 is 18.7 Å². The highest BCUT2D eigenvalue weighted by atomic mass is 19.1. The molecule has 0 saturated carbocycles. The van der Waals surface area contributed by atoms with Gasteiger partial charge in [0.2, 0.25) is 5.91 Å². The summed E-state index contributed by atoms with van der Waals surface area (Å²) in [4.78, 5) is 17.0. The Morgan fingerprint density at radius 2 is 2.03 bits per heavy atom. The Morgan fingerprint density at radius 3 is 2.69 bits per heavy atom. The van der Waals surface area contributed by atoms with Crippen molar-refractivity contribution in [3.8, 4) is 11.5 Å². The van der Waals surface area contributed by atoms with Gasteiger partial charge in [-0.05, 0) is 47.4 Å². The number of imidazole rings is 1. The summed E-state index contributed by atoms with van der Waals surface area (Å²) >= 11 is 0. The maximum Gasteiger partial charge on any atom is 0.244 e. The van der Waals surface area contributed by atoms with Crippen LogP contribution >= 0.6 is 0 Å². The number of hydrogen-bond acceptors (Lipinski definition) is 4. The number of ether oxygens (including phenoxy) is 2. The summed E-state index contributed by atoms with van der Waals surface area (Å²) in [5.74, 6) is 1.54. The first-order valence-electron chi connectivity index (χ1n) is 10.4. The lowest BCUT2D eigenvalue weighted by molar-refractivity contribution is -0.117. The second-order valence-electron chi connectivity index (χ2n) is 7.84. The molecule has 1 aromatic heterocycles. The van der Waals surface area contributed by atoms with Crippen LogP contribution in [0.2, 0.25) is 0 Å². The second kappa shape index (κ2) is 10.6. The Bertz CT molecular complexity index is 1090. The molecular formula is C25H28FN3O3. The maximum absolute atomic E-state index is 13.8. The predicted molar refractivity (Wildman–Crippen MR) is 122 cm³/mol. The number of aryl methyl sites for hydroxylation is 1. The van der Waals surface area contributed by atoms with E-state index in [1.165, 1.54) is 18.2 Å². The van der Waals surface area contributed by atoms with E-state index >= 15 is 0 Å². The minimum atomic E-state index is -0.593. The molecule has 0 bridgehead atoms. The second-order valence-corrected chi connectivity index (χ2v) is 7.84. The van der Waals surface area contributed by atoms with Gasteiger partial charge in [-0.15, -0.1) is 0 Å². The molecule has 1 amide bonds. The van der Waals surface area contributed by atoms with Crippen LogP contribution in [-0.4, -0.2) is 29.2 Å². The number of methoxy groups -OCH3 is 1. The van der Waals surface area contributed by atoms with Crippen molar-refractivity contribution in [2.75, 3.05) is 13.7 Å². The zero-order valence-electron chi connectivity index (χ0n) is 18.7. The Morgan fingerprint density at radius 1 is 1.22 bits per heavy atom. The minimum Gasteiger partial charge on any atom is -0.493 e. The van der Waals surface area contributed by atoms with Gasteiger partial charge in [0.25, 0.3) is 0 Å². The van der Waals surface area contributed by atoms with E-state index in [1.807, 2.05) is 25.2 Å². The van der Waals surface area contributed by atoms with Crippen LogP contribution in [0, 0.1) is 11.7 Å². The maximum atomic E-state index is 13.8. The monoisotopic (exact) mass is 437 g/mol. The molecule has 0 fully saturated rings. The van der Waals surface area contributed by atoms with Crippen LogP contribution in [0.15, 0.2) is 60.9 Å². The summed E-state index contributed by atoms with van der Waals surface area (Å²) in [7, 11) is 3.40. The number of hydrogen-bond donors (Lipinski definition) is 1. The molecule has 1 atom stereocenters. The summed E-state index contributed by atoms with van der Waals surface area (Å²) in [6.45, 7) is 4.73. The molecule has 1 heterocycles. The van der Waals surface area contributed by atoms with Crippen molar-refractivity contribution in [2.24, 2.45) is 13.0 Å². The zero-order valence-corrected chi connectivity index (χ0v) is 18.7. The zero-order chi connectivity index (χ0) is 23.1. The van der Waals surface area contributed by atoms with Gasteiger partial charge in [0, 0.05) is 25.5 Å². The van der Waals surface area contributed by atoms with E-state index in [0.717, 1.165) is 5.56 Å². The van der Waals surface area contributed by atoms with Crippen LogP contribution < -0.4 is 14.8 Å². The number of benzene rings is 2. The molecule has 1 N–H and O–H groups in total. The topological polar surface area (TPSA) is 65.4 Å². The number of rotatable bonds is 9. The highest BCUT2D eigenvalue weighted by molar-refractivity contribution is 5.92. The average Bonchev–Trinajstić information content (AvgIpc) is 3.20. The van der Waals surface area contributed by atoms with Crippen molar-refractivity contribution in [1.82, 2.24) is 14.9 Å². The number of nitrogens with one attached hydrogen (secondary N) is 1.